The van der Waals surface area contributed by atoms with E-state index in [0.29, 0.717) is 17.9 Å². The number of nitrogens with one attached hydrogen (secondary N) is 1. The molecule has 2 N–H and O–H groups in total. The van der Waals surface area contributed by atoms with Crippen LogP contribution in [0.5, 0.6) is 5.75 Å². The number of aromatic hydroxyl groups is 1. The third-order valence-corrected chi connectivity index (χ3v) is 4.38. The molecule has 1 amide bonds. The van der Waals surface area contributed by atoms with Gasteiger partial charge in [-0.05, 0) is 47.7 Å². The van der Waals surface area contributed by atoms with Crippen LogP contribution in [0.3, 0.4) is 0 Å². The second-order valence-electron chi connectivity index (χ2n) is 6.22. The van der Waals surface area contributed by atoms with E-state index in [4.69, 9.17) is 0 Å². The minimum atomic E-state index is 0.0167. The molecule has 0 bridgehead atoms. The van der Waals surface area contributed by atoms with Gasteiger partial charge < -0.3 is 15.3 Å². The smallest absolute Gasteiger partial charge is 0.253 e. The van der Waals surface area contributed by atoms with Crippen LogP contribution < -0.4 is 5.32 Å². The minimum Gasteiger partial charge on any atom is -0.508 e. The minimum absolute atomic E-state index is 0.0167. The van der Waals surface area contributed by atoms with Crippen molar-refractivity contribution in [3.8, 4) is 5.75 Å². The summed E-state index contributed by atoms with van der Waals surface area (Å²) in [6.07, 6.45) is 1.89. The molecular weight excluding hydrogens is 288 g/mol. The summed E-state index contributed by atoms with van der Waals surface area (Å²) in [6, 6.07) is 13.7. The summed E-state index contributed by atoms with van der Waals surface area (Å²) in [5.41, 5.74) is 4.04. The summed E-state index contributed by atoms with van der Waals surface area (Å²) in [4.78, 5) is 13.6. The molecular formula is C19H22N2O2. The number of phenolic OH excluding ortho intramolecular Hbond substituents is 1. The van der Waals surface area contributed by atoms with Crippen molar-refractivity contribution in [2.75, 3.05) is 14.1 Å². The summed E-state index contributed by atoms with van der Waals surface area (Å²) >= 11 is 0. The number of phenols is 1. The number of carbonyl (C=O) groups excluding carboxylic acids is 1. The summed E-state index contributed by atoms with van der Waals surface area (Å²) in [5, 5.41) is 13.5. The van der Waals surface area contributed by atoms with Crippen molar-refractivity contribution in [3.63, 3.8) is 0 Å². The maximum Gasteiger partial charge on any atom is 0.253 e. The second-order valence-corrected chi connectivity index (χ2v) is 6.22. The molecule has 0 aliphatic heterocycles. The zero-order chi connectivity index (χ0) is 16.4. The molecule has 0 aromatic heterocycles. The number of carbonyl (C=O) groups is 1. The highest BCUT2D eigenvalue weighted by molar-refractivity contribution is 5.94. The Morgan fingerprint density at radius 1 is 1.26 bits per heavy atom. The van der Waals surface area contributed by atoms with E-state index in [1.54, 1.807) is 25.1 Å². The molecule has 3 rings (SSSR count). The van der Waals surface area contributed by atoms with E-state index >= 15 is 0 Å². The molecule has 4 nitrogen and oxygen atoms in total. The average Bonchev–Trinajstić information content (AvgIpc) is 2.97. The lowest BCUT2D eigenvalue weighted by atomic mass is 10.1. The lowest BCUT2D eigenvalue weighted by Crippen LogP contribution is -2.22. The number of rotatable bonds is 4. The van der Waals surface area contributed by atoms with Gasteiger partial charge in [-0.3, -0.25) is 4.79 Å². The number of nitrogens with zero attached hydrogens (tertiary/aromatic N) is 1. The van der Waals surface area contributed by atoms with Crippen molar-refractivity contribution in [1.82, 2.24) is 10.2 Å². The lowest BCUT2D eigenvalue weighted by molar-refractivity contribution is 0.0827. The van der Waals surface area contributed by atoms with E-state index in [1.165, 1.54) is 5.56 Å². The van der Waals surface area contributed by atoms with Gasteiger partial charge in [-0.2, -0.15) is 0 Å². The Balaban J connectivity index is 1.70. The molecule has 4 heteroatoms. The average molecular weight is 310 g/mol. The first-order valence-corrected chi connectivity index (χ1v) is 7.91. The maximum absolute atomic E-state index is 12.0. The largest absolute Gasteiger partial charge is 0.508 e. The predicted octanol–water partition coefficient (Wildman–Crippen LogP) is 2.87. The topological polar surface area (TPSA) is 52.6 Å². The van der Waals surface area contributed by atoms with Gasteiger partial charge in [0.05, 0.1) is 0 Å². The van der Waals surface area contributed by atoms with Gasteiger partial charge in [-0.25, -0.2) is 0 Å². The number of hydrogen-bond acceptors (Lipinski definition) is 3. The van der Waals surface area contributed by atoms with Crippen molar-refractivity contribution in [2.45, 2.75) is 25.4 Å². The van der Waals surface area contributed by atoms with E-state index in [2.05, 4.69) is 11.4 Å². The van der Waals surface area contributed by atoms with Crippen LogP contribution in [0, 0.1) is 0 Å². The Morgan fingerprint density at radius 3 is 2.83 bits per heavy atom. The van der Waals surface area contributed by atoms with Gasteiger partial charge in [0.25, 0.3) is 5.91 Å². The van der Waals surface area contributed by atoms with Crippen LogP contribution in [-0.4, -0.2) is 30.0 Å². The van der Waals surface area contributed by atoms with E-state index in [-0.39, 0.29) is 11.9 Å². The molecule has 1 atom stereocenters. The van der Waals surface area contributed by atoms with Crippen molar-refractivity contribution < 1.29 is 9.90 Å². The van der Waals surface area contributed by atoms with E-state index in [0.717, 1.165) is 24.0 Å². The zero-order valence-electron chi connectivity index (χ0n) is 13.5. The second kappa shape index (κ2) is 6.42. The quantitative estimate of drug-likeness (QED) is 0.913. The Morgan fingerprint density at radius 2 is 2.04 bits per heavy atom. The Hall–Kier alpha value is -2.33. The van der Waals surface area contributed by atoms with Gasteiger partial charge in [0.15, 0.2) is 0 Å². The third kappa shape index (κ3) is 3.22. The summed E-state index contributed by atoms with van der Waals surface area (Å²) in [7, 11) is 3.52. The molecule has 0 saturated heterocycles. The zero-order valence-corrected chi connectivity index (χ0v) is 13.5. The van der Waals surface area contributed by atoms with Crippen LogP contribution in [0.15, 0.2) is 42.5 Å². The van der Waals surface area contributed by atoms with Crippen molar-refractivity contribution >= 4 is 5.91 Å². The molecule has 0 saturated carbocycles. The van der Waals surface area contributed by atoms with Gasteiger partial charge in [0.2, 0.25) is 0 Å². The predicted molar refractivity (Wildman–Crippen MR) is 90.5 cm³/mol. The monoisotopic (exact) mass is 310 g/mol. The highest BCUT2D eigenvalue weighted by Gasteiger charge is 2.24. The SMILES string of the molecule is CN(C)C(=O)c1cccc(CN[C@H]2CCc3c(O)cccc32)c1. The Kier molecular flexibility index (Phi) is 4.35. The number of benzene rings is 2. The lowest BCUT2D eigenvalue weighted by Gasteiger charge is -2.15. The van der Waals surface area contributed by atoms with Crippen LogP contribution in [0.4, 0.5) is 0 Å². The van der Waals surface area contributed by atoms with Crippen molar-refractivity contribution in [2.24, 2.45) is 0 Å². The molecule has 2 aromatic rings. The van der Waals surface area contributed by atoms with Crippen molar-refractivity contribution in [1.29, 1.82) is 0 Å². The van der Waals surface area contributed by atoms with Crippen molar-refractivity contribution in [3.05, 3.63) is 64.7 Å². The Bertz CT molecular complexity index is 725. The molecule has 1 aliphatic carbocycles. The number of fused-ring (bicyclic) bond motifs is 1. The van der Waals surface area contributed by atoms with E-state index in [9.17, 15) is 9.90 Å². The molecule has 0 fully saturated rings. The fraction of sp³-hybridized carbons (Fsp3) is 0.316. The molecule has 23 heavy (non-hydrogen) atoms. The molecule has 0 radical (unpaired) electrons. The van der Waals surface area contributed by atoms with E-state index < -0.39 is 0 Å². The first-order valence-electron chi connectivity index (χ1n) is 7.91. The van der Waals surface area contributed by atoms with Gasteiger partial charge in [0.1, 0.15) is 5.75 Å². The van der Waals surface area contributed by atoms with Crippen LogP contribution in [0.1, 0.15) is 39.5 Å². The van der Waals surface area contributed by atoms with Gasteiger partial charge in [0, 0.05) is 32.2 Å². The highest BCUT2D eigenvalue weighted by atomic mass is 16.3. The normalized spacial score (nSPS) is 16.2. The van der Waals surface area contributed by atoms with E-state index in [1.807, 2.05) is 30.3 Å². The summed E-state index contributed by atoms with van der Waals surface area (Å²) < 4.78 is 0. The van der Waals surface area contributed by atoms with Crippen LogP contribution in [0.25, 0.3) is 0 Å². The molecule has 0 unspecified atom stereocenters. The first kappa shape index (κ1) is 15.6. The van der Waals surface area contributed by atoms with Crippen LogP contribution >= 0.6 is 0 Å². The maximum atomic E-state index is 12.0. The highest BCUT2D eigenvalue weighted by Crippen LogP contribution is 2.36. The molecule has 2 aromatic carbocycles. The third-order valence-electron chi connectivity index (χ3n) is 4.38. The first-order chi connectivity index (χ1) is 11.1. The van der Waals surface area contributed by atoms with Gasteiger partial charge in [-0.1, -0.05) is 24.3 Å². The molecule has 0 spiro atoms. The fourth-order valence-corrected chi connectivity index (χ4v) is 3.16. The van der Waals surface area contributed by atoms with Crippen LogP contribution in [-0.2, 0) is 13.0 Å². The van der Waals surface area contributed by atoms with Gasteiger partial charge in [-0.15, -0.1) is 0 Å². The Labute approximate surface area is 136 Å². The molecule has 120 valence electrons. The summed E-state index contributed by atoms with van der Waals surface area (Å²) in [5.74, 6) is 0.411. The fourth-order valence-electron chi connectivity index (χ4n) is 3.16. The van der Waals surface area contributed by atoms with Gasteiger partial charge >= 0.3 is 0 Å². The summed E-state index contributed by atoms with van der Waals surface area (Å²) in [6.45, 7) is 0.703. The standard InChI is InChI=1S/C19H22N2O2/c1-21(2)19(23)14-6-3-5-13(11-14)12-20-17-10-9-16-15(17)7-4-8-18(16)22/h3-8,11,17,20,22H,9-10,12H2,1-2H3/t17-/m0/s1. The molecule has 1 aliphatic rings. The van der Waals surface area contributed by atoms with Crippen LogP contribution in [0.2, 0.25) is 0 Å². The number of hydrogen-bond donors (Lipinski definition) is 2. The molecule has 0 heterocycles. The number of amides is 1.